The lowest BCUT2D eigenvalue weighted by Gasteiger charge is -2.15. The van der Waals surface area contributed by atoms with Crippen molar-refractivity contribution in [1.82, 2.24) is 14.6 Å². The Morgan fingerprint density at radius 1 is 1.32 bits per heavy atom. The monoisotopic (exact) mass is 355 g/mol. The predicted octanol–water partition coefficient (Wildman–Crippen LogP) is 3.30. The maximum absolute atomic E-state index is 12.6. The van der Waals surface area contributed by atoms with Crippen LogP contribution in [-0.2, 0) is 11.2 Å². The number of para-hydroxylation sites is 1. The molecular weight excluding hydrogens is 334 g/mol. The number of hydrogen-bond donors (Lipinski definition) is 2. The molecule has 130 valence electrons. The highest BCUT2D eigenvalue weighted by Crippen LogP contribution is 2.26. The average molecular weight is 355 g/mol. The molecule has 3 aromatic rings. The molecule has 3 rings (SSSR count). The summed E-state index contributed by atoms with van der Waals surface area (Å²) in [4.78, 5) is 12.6. The summed E-state index contributed by atoms with van der Waals surface area (Å²) >= 11 is 1.36. The Hall–Kier alpha value is -2.54. The Bertz CT molecular complexity index is 921. The molecule has 0 aliphatic rings. The predicted molar refractivity (Wildman–Crippen MR) is 102 cm³/mol. The minimum Gasteiger partial charge on any atom is -0.398 e. The van der Waals surface area contributed by atoms with Gasteiger partial charge in [-0.25, -0.2) is 0 Å². The van der Waals surface area contributed by atoms with Crippen molar-refractivity contribution in [3.8, 4) is 0 Å². The second-order valence-corrected chi connectivity index (χ2v) is 7.19. The Morgan fingerprint density at radius 2 is 2.12 bits per heavy atom. The fourth-order valence-corrected chi connectivity index (χ4v) is 3.43. The van der Waals surface area contributed by atoms with Gasteiger partial charge in [-0.3, -0.25) is 9.20 Å². The van der Waals surface area contributed by atoms with E-state index >= 15 is 0 Å². The van der Waals surface area contributed by atoms with E-state index in [1.807, 2.05) is 32.0 Å². The van der Waals surface area contributed by atoms with Crippen LogP contribution < -0.4 is 11.1 Å². The van der Waals surface area contributed by atoms with Crippen LogP contribution in [0.15, 0.2) is 41.7 Å². The van der Waals surface area contributed by atoms with Crippen LogP contribution in [0.3, 0.4) is 0 Å². The zero-order valence-corrected chi connectivity index (χ0v) is 15.3. The zero-order valence-electron chi connectivity index (χ0n) is 14.5. The Morgan fingerprint density at radius 3 is 2.88 bits per heavy atom. The molecular formula is C18H21N5OS. The number of aryl methyl sites for hydroxylation is 2. The van der Waals surface area contributed by atoms with Crippen LogP contribution in [0.4, 0.5) is 11.4 Å². The van der Waals surface area contributed by atoms with Gasteiger partial charge in [0.2, 0.25) is 5.91 Å². The maximum Gasteiger partial charge on any atom is 0.237 e. The molecule has 25 heavy (non-hydrogen) atoms. The van der Waals surface area contributed by atoms with Crippen LogP contribution in [0.25, 0.3) is 5.65 Å². The molecule has 2 aromatic heterocycles. The zero-order chi connectivity index (χ0) is 18.0. The highest BCUT2D eigenvalue weighted by molar-refractivity contribution is 8.00. The molecule has 1 unspecified atom stereocenters. The molecule has 0 saturated heterocycles. The van der Waals surface area contributed by atoms with E-state index in [-0.39, 0.29) is 11.2 Å². The maximum atomic E-state index is 12.6. The van der Waals surface area contributed by atoms with Crippen LogP contribution in [0.1, 0.15) is 25.0 Å². The summed E-state index contributed by atoms with van der Waals surface area (Å²) < 4.78 is 1.80. The van der Waals surface area contributed by atoms with Crippen molar-refractivity contribution < 1.29 is 4.79 Å². The number of aromatic nitrogens is 3. The SMILES string of the molecule is CCc1cccc(C)c1NC(=O)C(C)Sc1nnc2ccc(N)cn12. The topological polar surface area (TPSA) is 85.3 Å². The standard InChI is InChI=1S/C18H21N5OS/c1-4-13-7-5-6-11(2)16(13)20-17(24)12(3)25-18-22-21-15-9-8-14(19)10-23(15)18/h5-10,12H,4,19H2,1-3H3,(H,20,24). The number of thioether (sulfide) groups is 1. The number of amides is 1. The number of fused-ring (bicyclic) bond motifs is 1. The summed E-state index contributed by atoms with van der Waals surface area (Å²) in [5.74, 6) is -0.0605. The summed E-state index contributed by atoms with van der Waals surface area (Å²) in [5.41, 5.74) is 10.2. The van der Waals surface area contributed by atoms with Gasteiger partial charge in [0, 0.05) is 17.6 Å². The Balaban J connectivity index is 1.78. The number of pyridine rings is 1. The van der Waals surface area contributed by atoms with E-state index in [0.29, 0.717) is 16.5 Å². The number of carbonyl (C=O) groups is 1. The van der Waals surface area contributed by atoms with Crippen LogP contribution >= 0.6 is 11.8 Å². The summed E-state index contributed by atoms with van der Waals surface area (Å²) in [6, 6.07) is 9.63. The number of anilines is 2. The molecule has 0 spiro atoms. The molecule has 1 aromatic carbocycles. The van der Waals surface area contributed by atoms with Crippen LogP contribution in [-0.4, -0.2) is 25.8 Å². The average Bonchev–Trinajstić information content (AvgIpc) is 2.98. The highest BCUT2D eigenvalue weighted by atomic mass is 32.2. The lowest BCUT2D eigenvalue weighted by molar-refractivity contribution is -0.115. The van der Waals surface area contributed by atoms with Gasteiger partial charge in [-0.2, -0.15) is 0 Å². The van der Waals surface area contributed by atoms with Crippen LogP contribution in [0, 0.1) is 6.92 Å². The van der Waals surface area contributed by atoms with Crippen molar-refractivity contribution in [2.45, 2.75) is 37.6 Å². The first-order valence-corrected chi connectivity index (χ1v) is 9.03. The minimum absolute atomic E-state index is 0.0605. The Labute approximate surface area is 150 Å². The number of hydrogen-bond acceptors (Lipinski definition) is 5. The summed E-state index contributed by atoms with van der Waals surface area (Å²) in [5, 5.41) is 11.6. The van der Waals surface area contributed by atoms with Gasteiger partial charge in [-0.15, -0.1) is 10.2 Å². The molecule has 1 atom stereocenters. The third kappa shape index (κ3) is 3.61. The van der Waals surface area contributed by atoms with Crippen molar-refractivity contribution in [2.75, 3.05) is 11.1 Å². The van der Waals surface area contributed by atoms with Crippen molar-refractivity contribution in [1.29, 1.82) is 0 Å². The van der Waals surface area contributed by atoms with E-state index < -0.39 is 0 Å². The van der Waals surface area contributed by atoms with Crippen LogP contribution in [0.5, 0.6) is 0 Å². The van der Waals surface area contributed by atoms with Crippen LogP contribution in [0.2, 0.25) is 0 Å². The first-order chi connectivity index (χ1) is 12.0. The van der Waals surface area contributed by atoms with E-state index in [4.69, 9.17) is 5.73 Å². The number of nitrogens with one attached hydrogen (secondary N) is 1. The smallest absolute Gasteiger partial charge is 0.237 e. The van der Waals surface area contributed by atoms with Gasteiger partial charge in [0.1, 0.15) is 0 Å². The fraction of sp³-hybridized carbons (Fsp3) is 0.278. The van der Waals surface area contributed by atoms with E-state index in [2.05, 4.69) is 22.4 Å². The molecule has 0 aliphatic heterocycles. The van der Waals surface area contributed by atoms with Gasteiger partial charge in [0.05, 0.1) is 5.25 Å². The molecule has 7 heteroatoms. The van der Waals surface area contributed by atoms with Gasteiger partial charge in [0.25, 0.3) is 0 Å². The van der Waals surface area contributed by atoms with E-state index in [9.17, 15) is 4.79 Å². The van der Waals surface area contributed by atoms with Gasteiger partial charge < -0.3 is 11.1 Å². The van der Waals surface area contributed by atoms with Gasteiger partial charge in [0.15, 0.2) is 10.8 Å². The van der Waals surface area contributed by atoms with Crippen molar-refractivity contribution >= 4 is 34.7 Å². The third-order valence-electron chi connectivity index (χ3n) is 4.03. The molecule has 3 N–H and O–H groups in total. The van der Waals surface area contributed by atoms with Crippen molar-refractivity contribution in [3.05, 3.63) is 47.7 Å². The quantitative estimate of drug-likeness (QED) is 0.686. The summed E-state index contributed by atoms with van der Waals surface area (Å²) in [6.07, 6.45) is 2.63. The van der Waals surface area contributed by atoms with Gasteiger partial charge in [-0.05, 0) is 43.5 Å². The highest BCUT2D eigenvalue weighted by Gasteiger charge is 2.19. The van der Waals surface area contributed by atoms with E-state index in [0.717, 1.165) is 23.2 Å². The third-order valence-corrected chi connectivity index (χ3v) is 5.09. The normalized spacial score (nSPS) is 12.3. The second kappa shape index (κ2) is 7.14. The molecule has 0 radical (unpaired) electrons. The molecule has 1 amide bonds. The molecule has 6 nitrogen and oxygen atoms in total. The lowest BCUT2D eigenvalue weighted by atomic mass is 10.1. The molecule has 0 saturated carbocycles. The Kier molecular flexibility index (Phi) is 4.94. The number of rotatable bonds is 5. The molecule has 0 fully saturated rings. The number of nitrogens with two attached hydrogens (primary N) is 1. The fourth-order valence-electron chi connectivity index (χ4n) is 2.61. The molecule has 0 bridgehead atoms. The first-order valence-electron chi connectivity index (χ1n) is 8.16. The number of nitrogens with zero attached hydrogens (tertiary/aromatic N) is 3. The number of carbonyl (C=O) groups excluding carboxylic acids is 1. The lowest BCUT2D eigenvalue weighted by Crippen LogP contribution is -2.24. The summed E-state index contributed by atoms with van der Waals surface area (Å²) in [6.45, 7) is 5.94. The number of benzene rings is 1. The minimum atomic E-state index is -0.321. The first kappa shape index (κ1) is 17.3. The largest absolute Gasteiger partial charge is 0.398 e. The van der Waals surface area contributed by atoms with Gasteiger partial charge >= 0.3 is 0 Å². The number of nitrogen functional groups attached to an aromatic ring is 1. The van der Waals surface area contributed by atoms with E-state index in [1.165, 1.54) is 11.8 Å². The van der Waals surface area contributed by atoms with Crippen molar-refractivity contribution in [3.63, 3.8) is 0 Å². The van der Waals surface area contributed by atoms with Gasteiger partial charge in [-0.1, -0.05) is 36.9 Å². The summed E-state index contributed by atoms with van der Waals surface area (Å²) in [7, 11) is 0. The van der Waals surface area contributed by atoms with Crippen molar-refractivity contribution in [2.24, 2.45) is 0 Å². The molecule has 2 heterocycles. The van der Waals surface area contributed by atoms with E-state index in [1.54, 1.807) is 22.7 Å². The second-order valence-electron chi connectivity index (χ2n) is 5.89. The molecule has 0 aliphatic carbocycles.